The van der Waals surface area contributed by atoms with Crippen LogP contribution in [0.15, 0.2) is 0 Å². The van der Waals surface area contributed by atoms with Crippen molar-refractivity contribution in [1.82, 2.24) is 5.32 Å². The SMILES string of the molecule is CCCCC(CC)C(=O)NC1C(N)CC1OCC. The van der Waals surface area contributed by atoms with Crippen molar-refractivity contribution in [2.45, 2.75) is 71.1 Å². The molecule has 1 aliphatic rings. The number of rotatable bonds is 8. The minimum absolute atomic E-state index is 0.00752. The largest absolute Gasteiger partial charge is 0.376 e. The fourth-order valence-corrected chi connectivity index (χ4v) is 2.48. The molecule has 0 aromatic carbocycles. The van der Waals surface area contributed by atoms with Crippen LogP contribution in [0, 0.1) is 5.92 Å². The highest BCUT2D eigenvalue weighted by molar-refractivity contribution is 5.79. The average molecular weight is 256 g/mol. The van der Waals surface area contributed by atoms with Gasteiger partial charge in [-0.15, -0.1) is 0 Å². The van der Waals surface area contributed by atoms with E-state index in [0.717, 1.165) is 32.1 Å². The quantitative estimate of drug-likeness (QED) is 0.696. The van der Waals surface area contributed by atoms with Crippen LogP contribution in [0.5, 0.6) is 0 Å². The fourth-order valence-electron chi connectivity index (χ4n) is 2.48. The van der Waals surface area contributed by atoms with Crippen LogP contribution in [-0.4, -0.2) is 30.7 Å². The van der Waals surface area contributed by atoms with Gasteiger partial charge in [0.15, 0.2) is 0 Å². The first-order valence-electron chi connectivity index (χ1n) is 7.31. The predicted octanol–water partition coefficient (Wildman–Crippen LogP) is 1.82. The molecule has 0 heterocycles. The summed E-state index contributed by atoms with van der Waals surface area (Å²) in [5.74, 6) is 0.274. The van der Waals surface area contributed by atoms with Gasteiger partial charge in [0.1, 0.15) is 0 Å². The van der Waals surface area contributed by atoms with Gasteiger partial charge in [0.2, 0.25) is 5.91 Å². The van der Waals surface area contributed by atoms with Gasteiger partial charge < -0.3 is 15.8 Å². The monoisotopic (exact) mass is 256 g/mol. The molecule has 0 aromatic heterocycles. The Hall–Kier alpha value is -0.610. The van der Waals surface area contributed by atoms with Crippen molar-refractivity contribution in [2.24, 2.45) is 11.7 Å². The van der Waals surface area contributed by atoms with E-state index in [9.17, 15) is 4.79 Å². The molecule has 106 valence electrons. The van der Waals surface area contributed by atoms with Gasteiger partial charge in [-0.25, -0.2) is 0 Å². The second kappa shape index (κ2) is 7.74. The molecule has 0 saturated heterocycles. The van der Waals surface area contributed by atoms with Crippen molar-refractivity contribution in [1.29, 1.82) is 0 Å². The summed E-state index contributed by atoms with van der Waals surface area (Å²) in [5.41, 5.74) is 5.94. The minimum atomic E-state index is 0.00752. The number of unbranched alkanes of at least 4 members (excludes halogenated alkanes) is 1. The predicted molar refractivity (Wildman–Crippen MR) is 73.2 cm³/mol. The average Bonchev–Trinajstić information content (AvgIpc) is 2.36. The standard InChI is InChI=1S/C14H28N2O2/c1-4-7-8-10(5-2)14(17)16-13-11(15)9-12(13)18-6-3/h10-13H,4-9,15H2,1-3H3,(H,16,17). The molecule has 1 saturated carbocycles. The number of carbonyl (C=O) groups excluding carboxylic acids is 1. The fraction of sp³-hybridized carbons (Fsp3) is 0.929. The van der Waals surface area contributed by atoms with Crippen LogP contribution >= 0.6 is 0 Å². The van der Waals surface area contributed by atoms with Gasteiger partial charge in [-0.3, -0.25) is 4.79 Å². The molecule has 1 rings (SSSR count). The molecule has 0 radical (unpaired) electrons. The Labute approximate surface area is 111 Å². The molecule has 0 spiro atoms. The smallest absolute Gasteiger partial charge is 0.223 e. The Bertz CT molecular complexity index is 256. The van der Waals surface area contributed by atoms with Gasteiger partial charge in [0, 0.05) is 18.6 Å². The zero-order valence-corrected chi connectivity index (χ0v) is 11.9. The normalized spacial score (nSPS) is 28.6. The third-order valence-corrected chi connectivity index (χ3v) is 3.83. The topological polar surface area (TPSA) is 64.4 Å². The molecule has 4 nitrogen and oxygen atoms in total. The first-order chi connectivity index (χ1) is 8.63. The van der Waals surface area contributed by atoms with Gasteiger partial charge in [-0.1, -0.05) is 26.7 Å². The van der Waals surface area contributed by atoms with Crippen LogP contribution in [0.2, 0.25) is 0 Å². The molecule has 3 N–H and O–H groups in total. The summed E-state index contributed by atoms with van der Waals surface area (Å²) in [7, 11) is 0. The van der Waals surface area contributed by atoms with Crippen molar-refractivity contribution in [3.63, 3.8) is 0 Å². The number of hydrogen-bond acceptors (Lipinski definition) is 3. The Balaban J connectivity index is 2.41. The van der Waals surface area contributed by atoms with Crippen LogP contribution in [0.3, 0.4) is 0 Å². The number of carbonyl (C=O) groups is 1. The molecule has 1 amide bonds. The molecule has 1 aliphatic carbocycles. The van der Waals surface area contributed by atoms with Crippen molar-refractivity contribution >= 4 is 5.91 Å². The van der Waals surface area contributed by atoms with Gasteiger partial charge >= 0.3 is 0 Å². The second-order valence-electron chi connectivity index (χ2n) is 5.18. The molecule has 4 heteroatoms. The lowest BCUT2D eigenvalue weighted by Crippen LogP contribution is -2.65. The van der Waals surface area contributed by atoms with Crippen molar-refractivity contribution in [3.05, 3.63) is 0 Å². The number of hydrogen-bond donors (Lipinski definition) is 2. The zero-order valence-electron chi connectivity index (χ0n) is 11.9. The Kier molecular flexibility index (Phi) is 6.65. The number of nitrogens with two attached hydrogens (primary N) is 1. The van der Waals surface area contributed by atoms with E-state index in [1.54, 1.807) is 0 Å². The highest BCUT2D eigenvalue weighted by Gasteiger charge is 2.40. The van der Waals surface area contributed by atoms with E-state index in [2.05, 4.69) is 19.2 Å². The highest BCUT2D eigenvalue weighted by atomic mass is 16.5. The molecular formula is C14H28N2O2. The van der Waals surface area contributed by atoms with Crippen LogP contribution < -0.4 is 11.1 Å². The maximum absolute atomic E-state index is 12.2. The van der Waals surface area contributed by atoms with Gasteiger partial charge in [0.05, 0.1) is 12.1 Å². The second-order valence-corrected chi connectivity index (χ2v) is 5.18. The minimum Gasteiger partial charge on any atom is -0.376 e. The molecule has 0 bridgehead atoms. The van der Waals surface area contributed by atoms with Gasteiger partial charge in [-0.05, 0) is 26.2 Å². The van der Waals surface area contributed by atoms with E-state index in [0.29, 0.717) is 6.61 Å². The molecule has 0 aliphatic heterocycles. The molecule has 4 unspecified atom stereocenters. The summed E-state index contributed by atoms with van der Waals surface area (Å²) in [5, 5.41) is 3.07. The maximum atomic E-state index is 12.2. The first kappa shape index (κ1) is 15.4. The van der Waals surface area contributed by atoms with E-state index < -0.39 is 0 Å². The summed E-state index contributed by atoms with van der Waals surface area (Å²) in [4.78, 5) is 12.2. The lowest BCUT2D eigenvalue weighted by atomic mass is 9.82. The molecule has 18 heavy (non-hydrogen) atoms. The third-order valence-electron chi connectivity index (χ3n) is 3.83. The summed E-state index contributed by atoms with van der Waals surface area (Å²) in [6.45, 7) is 6.87. The maximum Gasteiger partial charge on any atom is 0.223 e. The highest BCUT2D eigenvalue weighted by Crippen LogP contribution is 2.23. The summed E-state index contributed by atoms with van der Waals surface area (Å²) in [6.07, 6.45) is 5.07. The van der Waals surface area contributed by atoms with E-state index in [1.165, 1.54) is 0 Å². The zero-order chi connectivity index (χ0) is 13.5. The van der Waals surface area contributed by atoms with Crippen molar-refractivity contribution in [3.8, 4) is 0 Å². The molecule has 1 fully saturated rings. The van der Waals surface area contributed by atoms with Gasteiger partial charge in [-0.2, -0.15) is 0 Å². The Morgan fingerprint density at radius 3 is 2.67 bits per heavy atom. The van der Waals surface area contributed by atoms with Crippen LogP contribution in [0.1, 0.15) is 52.9 Å². The lowest BCUT2D eigenvalue weighted by molar-refractivity contribution is -0.130. The summed E-state index contributed by atoms with van der Waals surface area (Å²) in [6, 6.07) is 0.0577. The first-order valence-corrected chi connectivity index (χ1v) is 7.31. The Morgan fingerprint density at radius 1 is 1.44 bits per heavy atom. The van der Waals surface area contributed by atoms with E-state index >= 15 is 0 Å². The molecular weight excluding hydrogens is 228 g/mol. The lowest BCUT2D eigenvalue weighted by Gasteiger charge is -2.42. The van der Waals surface area contributed by atoms with Gasteiger partial charge in [0.25, 0.3) is 0 Å². The summed E-state index contributed by atoms with van der Waals surface area (Å²) < 4.78 is 5.56. The van der Waals surface area contributed by atoms with Crippen LogP contribution in [0.25, 0.3) is 0 Å². The third kappa shape index (κ3) is 3.95. The van der Waals surface area contributed by atoms with Crippen molar-refractivity contribution in [2.75, 3.05) is 6.61 Å². The van der Waals surface area contributed by atoms with E-state index in [-0.39, 0.29) is 30.0 Å². The number of amides is 1. The van der Waals surface area contributed by atoms with Crippen LogP contribution in [0.4, 0.5) is 0 Å². The van der Waals surface area contributed by atoms with E-state index in [4.69, 9.17) is 10.5 Å². The number of ether oxygens (including phenoxy) is 1. The molecule has 4 atom stereocenters. The molecule has 0 aromatic rings. The Morgan fingerprint density at radius 2 is 2.17 bits per heavy atom. The van der Waals surface area contributed by atoms with Crippen molar-refractivity contribution < 1.29 is 9.53 Å². The van der Waals surface area contributed by atoms with Crippen LogP contribution in [-0.2, 0) is 9.53 Å². The van der Waals surface area contributed by atoms with E-state index in [1.807, 2.05) is 6.92 Å². The number of nitrogens with one attached hydrogen (secondary N) is 1. The summed E-state index contributed by atoms with van der Waals surface area (Å²) >= 11 is 0.